The highest BCUT2D eigenvalue weighted by Crippen LogP contribution is 2.19. The molecule has 0 aliphatic heterocycles. The van der Waals surface area contributed by atoms with Crippen molar-refractivity contribution >= 4 is 22.8 Å². The van der Waals surface area contributed by atoms with E-state index in [2.05, 4.69) is 27.5 Å². The Morgan fingerprint density at radius 3 is 2.70 bits per heavy atom. The molecule has 2 aromatic carbocycles. The number of amides is 1. The second kappa shape index (κ2) is 9.91. The zero-order chi connectivity index (χ0) is 21.5. The van der Waals surface area contributed by atoms with Gasteiger partial charge in [-0.15, -0.1) is 0 Å². The van der Waals surface area contributed by atoms with Gasteiger partial charge in [0, 0.05) is 37.7 Å². The van der Waals surface area contributed by atoms with Gasteiger partial charge in [0.05, 0.1) is 6.04 Å². The molecule has 0 bridgehead atoms. The van der Waals surface area contributed by atoms with Crippen molar-refractivity contribution in [1.29, 1.82) is 0 Å². The van der Waals surface area contributed by atoms with Gasteiger partial charge in [-0.1, -0.05) is 30.3 Å². The van der Waals surface area contributed by atoms with Crippen LogP contribution in [-0.2, 0) is 11.2 Å². The van der Waals surface area contributed by atoms with Gasteiger partial charge in [0.15, 0.2) is 5.96 Å². The fraction of sp³-hybridized carbons (Fsp3) is 0.304. The second-order valence-electron chi connectivity index (χ2n) is 7.41. The number of nitrogens with one attached hydrogen (secondary N) is 3. The van der Waals surface area contributed by atoms with Gasteiger partial charge in [-0.05, 0) is 42.7 Å². The third-order valence-corrected chi connectivity index (χ3v) is 4.94. The standard InChI is InChI=1S/C23H28FN5O/c1-16(17-7-5-4-6-8-17)28-23(27-15-22(30)29(2)3)25-12-11-18-14-26-21-13-19(24)9-10-20(18)21/h4-10,13-14,16,26H,11-12,15H2,1-3H3,(H2,25,27,28). The molecule has 0 aliphatic rings. The van der Waals surface area contributed by atoms with Crippen molar-refractivity contribution in [3.8, 4) is 0 Å². The lowest BCUT2D eigenvalue weighted by atomic mass is 10.1. The van der Waals surface area contributed by atoms with Gasteiger partial charge in [-0.2, -0.15) is 0 Å². The van der Waals surface area contributed by atoms with Gasteiger partial charge in [0.2, 0.25) is 5.91 Å². The molecular formula is C23H28FN5O. The highest BCUT2D eigenvalue weighted by Gasteiger charge is 2.10. The van der Waals surface area contributed by atoms with Crippen LogP contribution in [0.25, 0.3) is 10.9 Å². The van der Waals surface area contributed by atoms with Gasteiger partial charge in [0.25, 0.3) is 0 Å². The molecule has 0 aliphatic carbocycles. The van der Waals surface area contributed by atoms with Crippen LogP contribution in [-0.4, -0.2) is 48.9 Å². The summed E-state index contributed by atoms with van der Waals surface area (Å²) in [6, 6.07) is 14.8. The summed E-state index contributed by atoms with van der Waals surface area (Å²) >= 11 is 0. The van der Waals surface area contributed by atoms with Crippen LogP contribution in [0.4, 0.5) is 4.39 Å². The third-order valence-electron chi connectivity index (χ3n) is 4.94. The van der Waals surface area contributed by atoms with E-state index in [0.29, 0.717) is 12.5 Å². The fourth-order valence-corrected chi connectivity index (χ4v) is 3.15. The van der Waals surface area contributed by atoms with E-state index in [0.717, 1.165) is 28.5 Å². The molecule has 3 rings (SSSR count). The predicted molar refractivity (Wildman–Crippen MR) is 119 cm³/mol. The largest absolute Gasteiger partial charge is 0.361 e. The maximum absolute atomic E-state index is 13.4. The summed E-state index contributed by atoms with van der Waals surface area (Å²) in [7, 11) is 3.43. The zero-order valence-corrected chi connectivity index (χ0v) is 17.6. The van der Waals surface area contributed by atoms with E-state index >= 15 is 0 Å². The molecule has 0 radical (unpaired) electrons. The number of aliphatic imine (C=N–C) groups is 1. The van der Waals surface area contributed by atoms with E-state index in [1.807, 2.05) is 36.5 Å². The Kier molecular flexibility index (Phi) is 7.06. The van der Waals surface area contributed by atoms with Crippen LogP contribution in [0.5, 0.6) is 0 Å². The summed E-state index contributed by atoms with van der Waals surface area (Å²) in [5, 5.41) is 7.68. The summed E-state index contributed by atoms with van der Waals surface area (Å²) < 4.78 is 13.4. The lowest BCUT2D eigenvalue weighted by molar-refractivity contribution is -0.127. The molecule has 0 fully saturated rings. The van der Waals surface area contributed by atoms with Crippen LogP contribution in [0.1, 0.15) is 24.1 Å². The molecule has 7 heteroatoms. The minimum Gasteiger partial charge on any atom is -0.361 e. The van der Waals surface area contributed by atoms with Crippen molar-refractivity contribution in [3.63, 3.8) is 0 Å². The van der Waals surface area contributed by atoms with E-state index in [4.69, 9.17) is 0 Å². The van der Waals surface area contributed by atoms with Crippen molar-refractivity contribution in [2.45, 2.75) is 19.4 Å². The summed E-state index contributed by atoms with van der Waals surface area (Å²) in [4.78, 5) is 21.0. The highest BCUT2D eigenvalue weighted by atomic mass is 19.1. The van der Waals surface area contributed by atoms with Gasteiger partial charge in [0.1, 0.15) is 12.4 Å². The third kappa shape index (κ3) is 5.59. The van der Waals surface area contributed by atoms with E-state index in [1.165, 1.54) is 17.0 Å². The smallest absolute Gasteiger partial charge is 0.243 e. The number of H-pyrrole nitrogens is 1. The zero-order valence-electron chi connectivity index (χ0n) is 17.6. The molecular weight excluding hydrogens is 381 g/mol. The summed E-state index contributed by atoms with van der Waals surface area (Å²) in [6.07, 6.45) is 2.63. The Morgan fingerprint density at radius 2 is 1.97 bits per heavy atom. The molecule has 30 heavy (non-hydrogen) atoms. The van der Waals surface area contributed by atoms with Crippen molar-refractivity contribution in [2.75, 3.05) is 27.2 Å². The minimum atomic E-state index is -0.256. The quantitative estimate of drug-likeness (QED) is 0.414. The average molecular weight is 410 g/mol. The molecule has 3 N–H and O–H groups in total. The number of hydrogen-bond acceptors (Lipinski definition) is 2. The van der Waals surface area contributed by atoms with Crippen molar-refractivity contribution in [1.82, 2.24) is 20.5 Å². The topological polar surface area (TPSA) is 72.5 Å². The summed E-state index contributed by atoms with van der Waals surface area (Å²) in [6.45, 7) is 2.73. The van der Waals surface area contributed by atoms with Gasteiger partial charge >= 0.3 is 0 Å². The first-order valence-electron chi connectivity index (χ1n) is 9.99. The number of carbonyl (C=O) groups excluding carboxylic acids is 1. The monoisotopic (exact) mass is 409 g/mol. The number of carbonyl (C=O) groups is 1. The first-order valence-corrected chi connectivity index (χ1v) is 9.99. The molecule has 1 heterocycles. The maximum atomic E-state index is 13.4. The Hall–Kier alpha value is -3.35. The summed E-state index contributed by atoms with van der Waals surface area (Å²) in [5.74, 6) is 0.252. The van der Waals surface area contributed by atoms with Crippen molar-refractivity contribution in [3.05, 3.63) is 71.7 Å². The second-order valence-corrected chi connectivity index (χ2v) is 7.41. The number of likely N-dealkylation sites (N-methyl/N-ethyl adjacent to an activating group) is 1. The Labute approximate surface area is 176 Å². The highest BCUT2D eigenvalue weighted by molar-refractivity contribution is 5.85. The average Bonchev–Trinajstić information content (AvgIpc) is 3.13. The predicted octanol–water partition coefficient (Wildman–Crippen LogP) is 3.23. The summed E-state index contributed by atoms with van der Waals surface area (Å²) in [5.41, 5.74) is 3.01. The minimum absolute atomic E-state index is 0.0305. The molecule has 3 aromatic rings. The van der Waals surface area contributed by atoms with Crippen molar-refractivity contribution < 1.29 is 9.18 Å². The van der Waals surface area contributed by atoms with Crippen LogP contribution in [0.3, 0.4) is 0 Å². The van der Waals surface area contributed by atoms with Crippen LogP contribution >= 0.6 is 0 Å². The molecule has 158 valence electrons. The number of guanidine groups is 1. The lowest BCUT2D eigenvalue weighted by Gasteiger charge is -2.19. The molecule has 1 atom stereocenters. The van der Waals surface area contributed by atoms with Gasteiger partial charge in [-0.3, -0.25) is 4.79 Å². The van der Waals surface area contributed by atoms with Gasteiger partial charge < -0.3 is 20.5 Å². The normalized spacial score (nSPS) is 12.6. The number of fused-ring (bicyclic) bond motifs is 1. The van der Waals surface area contributed by atoms with Crippen LogP contribution in [0.15, 0.2) is 59.7 Å². The first kappa shape index (κ1) is 21.4. The van der Waals surface area contributed by atoms with Crippen molar-refractivity contribution in [2.24, 2.45) is 4.99 Å². The number of rotatable bonds is 7. The lowest BCUT2D eigenvalue weighted by Crippen LogP contribution is -2.40. The number of hydrogen-bond donors (Lipinski definition) is 3. The first-order chi connectivity index (χ1) is 14.4. The molecule has 0 spiro atoms. The number of halogens is 1. The Bertz CT molecular complexity index is 1010. The Balaban J connectivity index is 1.66. The molecule has 1 aromatic heterocycles. The van der Waals surface area contributed by atoms with E-state index in [1.54, 1.807) is 20.2 Å². The number of nitrogens with zero attached hydrogens (tertiary/aromatic N) is 2. The molecule has 1 amide bonds. The van der Waals surface area contributed by atoms with Crippen LogP contribution in [0.2, 0.25) is 0 Å². The molecule has 0 saturated heterocycles. The van der Waals surface area contributed by atoms with E-state index < -0.39 is 0 Å². The fourth-order valence-electron chi connectivity index (χ4n) is 3.15. The van der Waals surface area contributed by atoms with Crippen LogP contribution in [0, 0.1) is 5.82 Å². The SMILES string of the molecule is CC(NC(=NCC(=O)N(C)C)NCCc1c[nH]c2cc(F)ccc12)c1ccccc1. The van der Waals surface area contributed by atoms with E-state index in [9.17, 15) is 9.18 Å². The molecule has 0 saturated carbocycles. The molecule has 6 nitrogen and oxygen atoms in total. The molecule has 1 unspecified atom stereocenters. The number of benzene rings is 2. The van der Waals surface area contributed by atoms with Crippen LogP contribution < -0.4 is 10.6 Å². The maximum Gasteiger partial charge on any atom is 0.243 e. The number of aromatic amines is 1. The number of aromatic nitrogens is 1. The van der Waals surface area contributed by atoms with Gasteiger partial charge in [-0.25, -0.2) is 9.38 Å². The Morgan fingerprint density at radius 1 is 1.20 bits per heavy atom. The van der Waals surface area contributed by atoms with E-state index in [-0.39, 0.29) is 24.3 Å².